The van der Waals surface area contributed by atoms with Gasteiger partial charge >= 0.3 is 0 Å². The highest BCUT2D eigenvalue weighted by Crippen LogP contribution is 2.34. The maximum absolute atomic E-state index is 13.8. The van der Waals surface area contributed by atoms with E-state index in [4.69, 9.17) is 9.72 Å². The van der Waals surface area contributed by atoms with Crippen molar-refractivity contribution in [1.29, 1.82) is 0 Å². The average Bonchev–Trinajstić information content (AvgIpc) is 3.08. The molecule has 1 aliphatic carbocycles. The van der Waals surface area contributed by atoms with Gasteiger partial charge in [-0.15, -0.1) is 11.3 Å². The van der Waals surface area contributed by atoms with Gasteiger partial charge in [-0.3, -0.25) is 14.3 Å². The van der Waals surface area contributed by atoms with Crippen LogP contribution in [0.4, 0.5) is 0 Å². The minimum Gasteiger partial charge on any atom is -0.379 e. The summed E-state index contributed by atoms with van der Waals surface area (Å²) in [5, 5.41) is 0.855. The topological polar surface area (TPSA) is 47.4 Å². The molecule has 1 aliphatic heterocycles. The summed E-state index contributed by atoms with van der Waals surface area (Å²) in [4.78, 5) is 23.4. The second-order valence-corrected chi connectivity index (χ2v) is 8.82. The van der Waals surface area contributed by atoms with Gasteiger partial charge < -0.3 is 4.74 Å². The van der Waals surface area contributed by atoms with Gasteiger partial charge in [-0.1, -0.05) is 18.2 Å². The Kier molecular flexibility index (Phi) is 4.78. The van der Waals surface area contributed by atoms with Crippen LogP contribution >= 0.6 is 11.3 Å². The van der Waals surface area contributed by atoms with Crippen LogP contribution in [-0.4, -0.2) is 40.8 Å². The zero-order valence-corrected chi connectivity index (χ0v) is 17.1. The van der Waals surface area contributed by atoms with Crippen molar-refractivity contribution in [2.75, 3.05) is 26.3 Å². The lowest BCUT2D eigenvalue weighted by atomic mass is 9.97. The van der Waals surface area contributed by atoms with Gasteiger partial charge in [-0.05, 0) is 49.8 Å². The number of ether oxygens (including phenoxy) is 1. The zero-order chi connectivity index (χ0) is 19.1. The van der Waals surface area contributed by atoms with Crippen LogP contribution in [0.3, 0.4) is 0 Å². The molecule has 5 rings (SSSR count). The second kappa shape index (κ2) is 7.43. The fourth-order valence-corrected chi connectivity index (χ4v) is 5.65. The van der Waals surface area contributed by atoms with E-state index in [1.54, 1.807) is 11.3 Å². The standard InChI is InChI=1S/C22H25N3O2S/c1-15-6-2-4-8-17(15)25-19(14-24-10-12-27-13-11-24)23-21-20(22(25)26)16-7-3-5-9-18(16)28-21/h2,4,6,8H,3,5,7,9-14H2,1H3. The summed E-state index contributed by atoms with van der Waals surface area (Å²) in [7, 11) is 0. The second-order valence-electron chi connectivity index (χ2n) is 7.73. The van der Waals surface area contributed by atoms with E-state index in [1.165, 1.54) is 16.9 Å². The molecule has 5 nitrogen and oxygen atoms in total. The number of para-hydroxylation sites is 1. The number of thiophene rings is 1. The molecule has 146 valence electrons. The number of nitrogens with zero attached hydrogens (tertiary/aromatic N) is 3. The van der Waals surface area contributed by atoms with Crippen LogP contribution in [0.15, 0.2) is 29.1 Å². The number of hydrogen-bond acceptors (Lipinski definition) is 5. The van der Waals surface area contributed by atoms with Crippen LogP contribution in [0.5, 0.6) is 0 Å². The van der Waals surface area contributed by atoms with Crippen LogP contribution in [0.2, 0.25) is 0 Å². The number of aromatic nitrogens is 2. The molecule has 1 aromatic carbocycles. The van der Waals surface area contributed by atoms with Crippen LogP contribution in [0.25, 0.3) is 15.9 Å². The summed E-state index contributed by atoms with van der Waals surface area (Å²) in [6.45, 7) is 5.97. The highest BCUT2D eigenvalue weighted by atomic mass is 32.1. The van der Waals surface area contributed by atoms with Crippen LogP contribution < -0.4 is 5.56 Å². The van der Waals surface area contributed by atoms with E-state index in [9.17, 15) is 4.79 Å². The Morgan fingerprint density at radius 3 is 2.75 bits per heavy atom. The molecule has 0 spiro atoms. The molecule has 2 aliphatic rings. The molecule has 3 aromatic rings. The highest BCUT2D eigenvalue weighted by Gasteiger charge is 2.24. The van der Waals surface area contributed by atoms with Crippen LogP contribution in [0, 0.1) is 6.92 Å². The molecule has 0 amide bonds. The number of fused-ring (bicyclic) bond motifs is 3. The van der Waals surface area contributed by atoms with E-state index < -0.39 is 0 Å². The van der Waals surface area contributed by atoms with Crippen molar-refractivity contribution < 1.29 is 4.74 Å². The Labute approximate surface area is 168 Å². The van der Waals surface area contributed by atoms with Gasteiger partial charge in [0.25, 0.3) is 5.56 Å². The Morgan fingerprint density at radius 1 is 1.14 bits per heavy atom. The van der Waals surface area contributed by atoms with Gasteiger partial charge in [0.2, 0.25) is 0 Å². The van der Waals surface area contributed by atoms with Gasteiger partial charge in [-0.2, -0.15) is 0 Å². The van der Waals surface area contributed by atoms with Crippen molar-refractivity contribution in [1.82, 2.24) is 14.5 Å². The lowest BCUT2D eigenvalue weighted by Gasteiger charge is -2.27. The first-order valence-corrected chi connectivity index (χ1v) is 11.0. The Hall–Kier alpha value is -2.02. The summed E-state index contributed by atoms with van der Waals surface area (Å²) in [6.07, 6.45) is 4.46. The van der Waals surface area contributed by atoms with Crippen LogP contribution in [-0.2, 0) is 24.1 Å². The Morgan fingerprint density at radius 2 is 1.93 bits per heavy atom. The molecular formula is C22H25N3O2S. The fraction of sp³-hybridized carbons (Fsp3) is 0.455. The molecule has 1 saturated heterocycles. The predicted molar refractivity (Wildman–Crippen MR) is 113 cm³/mol. The minimum absolute atomic E-state index is 0.0990. The average molecular weight is 396 g/mol. The zero-order valence-electron chi connectivity index (χ0n) is 16.2. The quantitative estimate of drug-likeness (QED) is 0.681. The van der Waals surface area contributed by atoms with Crippen LogP contribution in [0.1, 0.15) is 34.7 Å². The van der Waals surface area contributed by atoms with Crippen molar-refractivity contribution in [3.63, 3.8) is 0 Å². The van der Waals surface area contributed by atoms with Gasteiger partial charge in [0.1, 0.15) is 10.7 Å². The summed E-state index contributed by atoms with van der Waals surface area (Å²) in [6, 6.07) is 8.12. The summed E-state index contributed by atoms with van der Waals surface area (Å²) >= 11 is 1.73. The number of morpholine rings is 1. The number of rotatable bonds is 3. The molecule has 1 fully saturated rings. The van der Waals surface area contributed by atoms with E-state index in [1.807, 2.05) is 22.8 Å². The van der Waals surface area contributed by atoms with Crippen molar-refractivity contribution in [2.24, 2.45) is 0 Å². The van der Waals surface area contributed by atoms with E-state index >= 15 is 0 Å². The van der Waals surface area contributed by atoms with E-state index in [-0.39, 0.29) is 5.56 Å². The van der Waals surface area contributed by atoms with Crippen molar-refractivity contribution >= 4 is 21.6 Å². The smallest absolute Gasteiger partial charge is 0.267 e. The van der Waals surface area contributed by atoms with Crippen molar-refractivity contribution in [3.05, 3.63) is 56.4 Å². The third-order valence-electron chi connectivity index (χ3n) is 5.88. The molecule has 0 N–H and O–H groups in total. The lowest BCUT2D eigenvalue weighted by molar-refractivity contribution is 0.0327. The third kappa shape index (κ3) is 3.09. The molecule has 0 saturated carbocycles. The molecular weight excluding hydrogens is 370 g/mol. The maximum Gasteiger partial charge on any atom is 0.267 e. The van der Waals surface area contributed by atoms with Gasteiger partial charge in [0, 0.05) is 18.0 Å². The molecule has 6 heteroatoms. The lowest BCUT2D eigenvalue weighted by Crippen LogP contribution is -2.38. The fourth-order valence-electron chi connectivity index (χ4n) is 4.38. The summed E-state index contributed by atoms with van der Waals surface area (Å²) in [5.41, 5.74) is 3.39. The maximum atomic E-state index is 13.8. The summed E-state index contributed by atoms with van der Waals surface area (Å²) < 4.78 is 7.36. The Balaban J connectivity index is 1.73. The number of aryl methyl sites for hydroxylation is 3. The molecule has 28 heavy (non-hydrogen) atoms. The Bertz CT molecular complexity index is 1080. The molecule has 2 aromatic heterocycles. The van der Waals surface area contributed by atoms with Gasteiger partial charge in [0.05, 0.1) is 30.8 Å². The molecule has 0 unspecified atom stereocenters. The first kappa shape index (κ1) is 18.0. The first-order chi connectivity index (χ1) is 13.7. The molecule has 0 atom stereocenters. The van der Waals surface area contributed by atoms with Gasteiger partial charge in [0.15, 0.2) is 0 Å². The SMILES string of the molecule is Cc1ccccc1-n1c(CN2CCOCC2)nc2sc3c(c2c1=O)CCCC3. The molecule has 0 radical (unpaired) electrons. The molecule has 0 bridgehead atoms. The van der Waals surface area contributed by atoms with Gasteiger partial charge in [-0.25, -0.2) is 4.98 Å². The summed E-state index contributed by atoms with van der Waals surface area (Å²) in [5.74, 6) is 0.840. The number of benzene rings is 1. The predicted octanol–water partition coefficient (Wildman–Crippen LogP) is 3.47. The van der Waals surface area contributed by atoms with Crippen molar-refractivity contribution in [3.8, 4) is 5.69 Å². The monoisotopic (exact) mass is 395 g/mol. The number of hydrogen-bond donors (Lipinski definition) is 0. The third-order valence-corrected chi connectivity index (χ3v) is 7.07. The van der Waals surface area contributed by atoms with E-state index in [2.05, 4.69) is 17.9 Å². The largest absolute Gasteiger partial charge is 0.379 e. The minimum atomic E-state index is 0.0990. The highest BCUT2D eigenvalue weighted by molar-refractivity contribution is 7.18. The van der Waals surface area contributed by atoms with E-state index in [0.29, 0.717) is 6.54 Å². The molecule has 3 heterocycles. The van der Waals surface area contributed by atoms with E-state index in [0.717, 1.165) is 72.9 Å². The first-order valence-electron chi connectivity index (χ1n) is 10.1. The normalized spacial score (nSPS) is 17.8. The van der Waals surface area contributed by atoms with Crippen molar-refractivity contribution in [2.45, 2.75) is 39.2 Å².